The molecule has 1 amide bonds. The number of hydrogen-bond acceptors (Lipinski definition) is 1. The van der Waals surface area contributed by atoms with Gasteiger partial charge >= 0.3 is 0 Å². The van der Waals surface area contributed by atoms with E-state index in [1.807, 2.05) is 0 Å². The maximum atomic E-state index is 12.4. The summed E-state index contributed by atoms with van der Waals surface area (Å²) in [5.41, 5.74) is 2.77. The highest BCUT2D eigenvalue weighted by molar-refractivity contribution is 6.20. The Bertz CT molecular complexity index is 480. The number of carbonyl (C=O) groups is 1. The van der Waals surface area contributed by atoms with Crippen molar-refractivity contribution in [3.05, 3.63) is 35.4 Å². The van der Waals surface area contributed by atoms with Gasteiger partial charge in [-0.3, -0.25) is 4.79 Å². The fourth-order valence-corrected chi connectivity index (χ4v) is 3.69. The molecule has 1 atom stereocenters. The van der Waals surface area contributed by atoms with E-state index in [9.17, 15) is 4.79 Å². The molecule has 1 N–H and O–H groups in total. The van der Waals surface area contributed by atoms with E-state index < -0.39 is 0 Å². The van der Waals surface area contributed by atoms with Gasteiger partial charge in [0.25, 0.3) is 0 Å². The molecule has 0 saturated heterocycles. The van der Waals surface area contributed by atoms with Crippen LogP contribution in [0.5, 0.6) is 0 Å². The lowest BCUT2D eigenvalue weighted by atomic mass is 9.83. The fraction of sp³-hybridized carbons (Fsp3) is 0.588. The summed E-state index contributed by atoms with van der Waals surface area (Å²) in [4.78, 5) is 12.4. The third-order valence-corrected chi connectivity index (χ3v) is 5.16. The summed E-state index contributed by atoms with van der Waals surface area (Å²) in [6, 6.07) is 8.85. The Morgan fingerprint density at radius 3 is 2.50 bits per heavy atom. The zero-order valence-electron chi connectivity index (χ0n) is 11.8. The minimum absolute atomic E-state index is 0.152. The van der Waals surface area contributed by atoms with Crippen molar-refractivity contribution in [3.63, 3.8) is 0 Å². The molecule has 1 aromatic carbocycles. The first-order chi connectivity index (χ1) is 9.72. The molecule has 2 aliphatic carbocycles. The number of halogens is 1. The molecule has 3 rings (SSSR count). The van der Waals surface area contributed by atoms with Crippen molar-refractivity contribution in [3.8, 4) is 0 Å². The second-order valence-corrected chi connectivity index (χ2v) is 6.78. The Kier molecular flexibility index (Phi) is 4.30. The summed E-state index contributed by atoms with van der Waals surface area (Å²) in [5.74, 6) is 0.399. The molecule has 20 heavy (non-hydrogen) atoms. The molecule has 2 nitrogen and oxygen atoms in total. The van der Waals surface area contributed by atoms with Crippen LogP contribution in [0.4, 0.5) is 0 Å². The van der Waals surface area contributed by atoms with E-state index in [0.717, 1.165) is 44.9 Å². The van der Waals surface area contributed by atoms with Gasteiger partial charge < -0.3 is 5.32 Å². The molecule has 0 bridgehead atoms. The van der Waals surface area contributed by atoms with Crippen LogP contribution in [0.15, 0.2) is 24.3 Å². The molecule has 1 unspecified atom stereocenters. The first-order valence-corrected chi connectivity index (χ1v) is 8.17. The largest absolute Gasteiger partial charge is 0.353 e. The van der Waals surface area contributed by atoms with Crippen LogP contribution in [-0.4, -0.2) is 17.3 Å². The van der Waals surface area contributed by atoms with Gasteiger partial charge in [-0.15, -0.1) is 11.6 Å². The van der Waals surface area contributed by atoms with Gasteiger partial charge in [-0.25, -0.2) is 0 Å². The number of rotatable bonds is 2. The minimum atomic E-state index is 0.152. The number of aryl methyl sites for hydroxylation is 1. The second-order valence-electron chi connectivity index (χ2n) is 6.17. The van der Waals surface area contributed by atoms with E-state index in [0.29, 0.717) is 11.4 Å². The van der Waals surface area contributed by atoms with Crippen LogP contribution < -0.4 is 5.32 Å². The molecule has 0 aliphatic heterocycles. The van der Waals surface area contributed by atoms with Crippen molar-refractivity contribution >= 4 is 17.5 Å². The van der Waals surface area contributed by atoms with E-state index in [1.165, 1.54) is 11.1 Å². The maximum Gasteiger partial charge on any atom is 0.223 e. The fourth-order valence-electron chi connectivity index (χ4n) is 3.44. The Hall–Kier alpha value is -1.02. The van der Waals surface area contributed by atoms with Crippen molar-refractivity contribution in [1.29, 1.82) is 0 Å². The standard InChI is InChI=1S/C17H22ClNO/c18-15-7-9-16(10-8-15)19-17(20)14-6-5-12-3-1-2-4-13(12)11-14/h1-4,14-16H,5-11H2,(H,19,20). The van der Waals surface area contributed by atoms with E-state index >= 15 is 0 Å². The van der Waals surface area contributed by atoms with Crippen LogP contribution >= 0.6 is 11.6 Å². The lowest BCUT2D eigenvalue weighted by Crippen LogP contribution is -2.42. The zero-order chi connectivity index (χ0) is 13.9. The Labute approximate surface area is 125 Å². The van der Waals surface area contributed by atoms with Gasteiger partial charge in [0.2, 0.25) is 5.91 Å². The van der Waals surface area contributed by atoms with Gasteiger partial charge in [0.15, 0.2) is 0 Å². The number of hydrogen-bond donors (Lipinski definition) is 1. The summed E-state index contributed by atoms with van der Waals surface area (Å²) >= 11 is 6.11. The second kappa shape index (κ2) is 6.17. The lowest BCUT2D eigenvalue weighted by Gasteiger charge is -2.29. The van der Waals surface area contributed by atoms with Gasteiger partial charge in [-0.05, 0) is 56.1 Å². The molecule has 1 fully saturated rings. The Morgan fingerprint density at radius 1 is 1.05 bits per heavy atom. The SMILES string of the molecule is O=C(NC1CCC(Cl)CC1)C1CCc2ccccc2C1. The van der Waals surface area contributed by atoms with Crippen LogP contribution in [0.2, 0.25) is 0 Å². The topological polar surface area (TPSA) is 29.1 Å². The van der Waals surface area contributed by atoms with Crippen molar-refractivity contribution in [2.45, 2.75) is 56.4 Å². The van der Waals surface area contributed by atoms with E-state index in [2.05, 4.69) is 29.6 Å². The number of alkyl halides is 1. The molecular weight excluding hydrogens is 270 g/mol. The maximum absolute atomic E-state index is 12.4. The Morgan fingerprint density at radius 2 is 1.75 bits per heavy atom. The predicted molar refractivity (Wildman–Crippen MR) is 82.0 cm³/mol. The van der Waals surface area contributed by atoms with Crippen LogP contribution in [0, 0.1) is 5.92 Å². The monoisotopic (exact) mass is 291 g/mol. The van der Waals surface area contributed by atoms with Gasteiger partial charge in [0.1, 0.15) is 0 Å². The molecule has 0 radical (unpaired) electrons. The Balaban J connectivity index is 1.56. The number of benzene rings is 1. The van der Waals surface area contributed by atoms with Crippen molar-refractivity contribution in [2.24, 2.45) is 5.92 Å². The third-order valence-electron chi connectivity index (χ3n) is 4.72. The quantitative estimate of drug-likeness (QED) is 0.831. The van der Waals surface area contributed by atoms with Gasteiger partial charge in [-0.2, -0.15) is 0 Å². The highest BCUT2D eigenvalue weighted by atomic mass is 35.5. The van der Waals surface area contributed by atoms with Crippen LogP contribution in [0.1, 0.15) is 43.2 Å². The van der Waals surface area contributed by atoms with Crippen molar-refractivity contribution < 1.29 is 4.79 Å². The normalized spacial score (nSPS) is 29.6. The van der Waals surface area contributed by atoms with Crippen LogP contribution in [0.3, 0.4) is 0 Å². The van der Waals surface area contributed by atoms with E-state index in [1.54, 1.807) is 0 Å². The lowest BCUT2D eigenvalue weighted by molar-refractivity contribution is -0.126. The number of carbonyl (C=O) groups excluding carboxylic acids is 1. The van der Waals surface area contributed by atoms with Gasteiger partial charge in [0, 0.05) is 17.3 Å². The van der Waals surface area contributed by atoms with Crippen molar-refractivity contribution in [2.75, 3.05) is 0 Å². The smallest absolute Gasteiger partial charge is 0.223 e. The summed E-state index contributed by atoms with van der Waals surface area (Å²) < 4.78 is 0. The molecule has 0 aromatic heterocycles. The van der Waals surface area contributed by atoms with Crippen molar-refractivity contribution in [1.82, 2.24) is 5.32 Å². The van der Waals surface area contributed by atoms with Crippen LogP contribution in [0.25, 0.3) is 0 Å². The summed E-state index contributed by atoms with van der Waals surface area (Å²) in [6.45, 7) is 0. The van der Waals surface area contributed by atoms with E-state index in [4.69, 9.17) is 11.6 Å². The molecule has 0 heterocycles. The average molecular weight is 292 g/mol. The summed E-state index contributed by atoms with van der Waals surface area (Å²) in [6.07, 6.45) is 7.02. The van der Waals surface area contributed by atoms with E-state index in [-0.39, 0.29) is 11.8 Å². The highest BCUT2D eigenvalue weighted by Crippen LogP contribution is 2.27. The first-order valence-electron chi connectivity index (χ1n) is 7.73. The molecule has 3 heteroatoms. The number of fused-ring (bicyclic) bond motifs is 1. The summed E-state index contributed by atoms with van der Waals surface area (Å²) in [5, 5.41) is 3.55. The zero-order valence-corrected chi connectivity index (χ0v) is 12.5. The molecule has 1 saturated carbocycles. The molecule has 0 spiro atoms. The molecule has 1 aromatic rings. The van der Waals surface area contributed by atoms with Crippen LogP contribution in [-0.2, 0) is 17.6 Å². The highest BCUT2D eigenvalue weighted by Gasteiger charge is 2.27. The predicted octanol–water partition coefficient (Wildman–Crippen LogP) is 3.46. The number of nitrogens with one attached hydrogen (secondary N) is 1. The molecule has 108 valence electrons. The molecular formula is C17H22ClNO. The minimum Gasteiger partial charge on any atom is -0.353 e. The number of amides is 1. The average Bonchev–Trinajstić information content (AvgIpc) is 2.49. The van der Waals surface area contributed by atoms with Gasteiger partial charge in [-0.1, -0.05) is 24.3 Å². The van der Waals surface area contributed by atoms with Gasteiger partial charge in [0.05, 0.1) is 0 Å². The molecule has 2 aliphatic rings. The first kappa shape index (κ1) is 13.9. The third kappa shape index (κ3) is 3.17. The summed E-state index contributed by atoms with van der Waals surface area (Å²) in [7, 11) is 0.